The van der Waals surface area contributed by atoms with E-state index in [2.05, 4.69) is 91.7 Å². The van der Waals surface area contributed by atoms with E-state index in [1.807, 2.05) is 6.07 Å². The van der Waals surface area contributed by atoms with E-state index in [0.717, 1.165) is 29.7 Å². The zero-order chi connectivity index (χ0) is 23.2. The highest BCUT2D eigenvalue weighted by Gasteiger charge is 2.25. The van der Waals surface area contributed by atoms with Crippen LogP contribution in [0.25, 0.3) is 11.1 Å². The summed E-state index contributed by atoms with van der Waals surface area (Å²) >= 11 is 0. The lowest BCUT2D eigenvalue weighted by Gasteiger charge is -2.32. The first-order valence-corrected chi connectivity index (χ1v) is 12.3. The first-order chi connectivity index (χ1) is 16.0. The van der Waals surface area contributed by atoms with Gasteiger partial charge in [-0.25, -0.2) is 4.79 Å². The second kappa shape index (κ2) is 10.7. The van der Waals surface area contributed by atoms with Gasteiger partial charge in [0, 0.05) is 18.3 Å². The Kier molecular flexibility index (Phi) is 7.49. The fraction of sp³-hybridized carbons (Fsp3) is 0.367. The Bertz CT molecular complexity index is 1040. The number of hydrogen-bond donors (Lipinski definition) is 1. The third-order valence-electron chi connectivity index (χ3n) is 6.85. The molecule has 4 rings (SSSR count). The first-order valence-electron chi connectivity index (χ1n) is 12.3. The van der Waals surface area contributed by atoms with Gasteiger partial charge in [0.1, 0.15) is 0 Å². The fourth-order valence-corrected chi connectivity index (χ4v) is 5.12. The summed E-state index contributed by atoms with van der Waals surface area (Å²) in [6.45, 7) is 6.89. The summed E-state index contributed by atoms with van der Waals surface area (Å²) in [6.07, 6.45) is 7.11. The van der Waals surface area contributed by atoms with Crippen molar-refractivity contribution in [3.05, 3.63) is 89.0 Å². The van der Waals surface area contributed by atoms with Crippen LogP contribution < -0.4 is 5.32 Å². The molecule has 1 fully saturated rings. The highest BCUT2D eigenvalue weighted by atomic mass is 16.2. The molecule has 0 bridgehead atoms. The molecule has 3 heteroatoms. The third kappa shape index (κ3) is 5.84. The Morgan fingerprint density at radius 2 is 1.39 bits per heavy atom. The Hall–Kier alpha value is -3.07. The van der Waals surface area contributed by atoms with Crippen molar-refractivity contribution in [1.82, 2.24) is 4.90 Å². The van der Waals surface area contributed by atoms with Crippen molar-refractivity contribution < 1.29 is 4.79 Å². The van der Waals surface area contributed by atoms with Crippen molar-refractivity contribution in [2.45, 2.75) is 71.9 Å². The largest absolute Gasteiger partial charge is 0.322 e. The van der Waals surface area contributed by atoms with Crippen molar-refractivity contribution >= 4 is 11.7 Å². The monoisotopic (exact) mass is 440 g/mol. The van der Waals surface area contributed by atoms with Crippen molar-refractivity contribution in [2.75, 3.05) is 5.32 Å². The van der Waals surface area contributed by atoms with Gasteiger partial charge in [0.25, 0.3) is 0 Å². The van der Waals surface area contributed by atoms with E-state index in [4.69, 9.17) is 0 Å². The number of rotatable bonds is 5. The molecular weight excluding hydrogens is 404 g/mol. The molecule has 0 atom stereocenters. The molecule has 2 amide bonds. The summed E-state index contributed by atoms with van der Waals surface area (Å²) in [5.41, 5.74) is 8.00. The van der Waals surface area contributed by atoms with Crippen LogP contribution >= 0.6 is 0 Å². The smallest absolute Gasteiger partial charge is 0.317 e. The number of benzene rings is 3. The van der Waals surface area contributed by atoms with Crippen LogP contribution in [-0.4, -0.2) is 17.0 Å². The predicted octanol–water partition coefficient (Wildman–Crippen LogP) is 8.04. The first kappa shape index (κ1) is 23.1. The lowest BCUT2D eigenvalue weighted by molar-refractivity contribution is 0.175. The minimum atomic E-state index is 0.0177. The van der Waals surface area contributed by atoms with Gasteiger partial charge in [0.15, 0.2) is 0 Å². The number of amides is 2. The van der Waals surface area contributed by atoms with Crippen molar-refractivity contribution in [1.29, 1.82) is 0 Å². The van der Waals surface area contributed by atoms with E-state index in [1.165, 1.54) is 47.9 Å². The highest BCUT2D eigenvalue weighted by Crippen LogP contribution is 2.27. The molecule has 1 aliphatic carbocycles. The molecule has 0 heterocycles. The molecule has 1 saturated carbocycles. The molecule has 172 valence electrons. The lowest BCUT2D eigenvalue weighted by atomic mass is 10.0. The number of nitrogens with one attached hydrogen (secondary N) is 1. The molecule has 0 aromatic heterocycles. The van der Waals surface area contributed by atoms with Gasteiger partial charge in [-0.1, -0.05) is 98.0 Å². The van der Waals surface area contributed by atoms with Crippen LogP contribution in [0.4, 0.5) is 10.5 Å². The van der Waals surface area contributed by atoms with Crippen molar-refractivity contribution in [2.24, 2.45) is 0 Å². The van der Waals surface area contributed by atoms with Gasteiger partial charge in [-0.05, 0) is 61.4 Å². The van der Waals surface area contributed by atoms with Crippen LogP contribution in [0.5, 0.6) is 0 Å². The topological polar surface area (TPSA) is 32.3 Å². The number of hydrogen-bond acceptors (Lipinski definition) is 1. The summed E-state index contributed by atoms with van der Waals surface area (Å²) in [6, 6.07) is 23.7. The second-order valence-corrected chi connectivity index (χ2v) is 9.54. The summed E-state index contributed by atoms with van der Waals surface area (Å²) in [7, 11) is 0. The quantitative estimate of drug-likeness (QED) is 0.400. The summed E-state index contributed by atoms with van der Waals surface area (Å²) in [5.74, 6) is 0. The maximum absolute atomic E-state index is 13.6. The average molecular weight is 441 g/mol. The molecule has 0 aliphatic heterocycles. The zero-order valence-electron chi connectivity index (χ0n) is 20.2. The van der Waals surface area contributed by atoms with Gasteiger partial charge < -0.3 is 10.2 Å². The van der Waals surface area contributed by atoms with Crippen LogP contribution in [0.2, 0.25) is 0 Å². The van der Waals surface area contributed by atoms with Crippen LogP contribution in [-0.2, 0) is 6.54 Å². The van der Waals surface area contributed by atoms with E-state index in [9.17, 15) is 4.79 Å². The summed E-state index contributed by atoms with van der Waals surface area (Å²) < 4.78 is 0. The predicted molar refractivity (Wildman–Crippen MR) is 139 cm³/mol. The van der Waals surface area contributed by atoms with Gasteiger partial charge in [0.05, 0.1) is 0 Å². The molecule has 3 aromatic carbocycles. The molecule has 0 unspecified atom stereocenters. The zero-order valence-corrected chi connectivity index (χ0v) is 20.2. The molecule has 0 spiro atoms. The second-order valence-electron chi connectivity index (χ2n) is 9.54. The molecule has 3 nitrogen and oxygen atoms in total. The van der Waals surface area contributed by atoms with Gasteiger partial charge in [-0.3, -0.25) is 0 Å². The maximum atomic E-state index is 13.6. The van der Waals surface area contributed by atoms with E-state index < -0.39 is 0 Å². The minimum absolute atomic E-state index is 0.0177. The Labute approximate surface area is 198 Å². The normalized spacial score (nSPS) is 14.5. The summed E-state index contributed by atoms with van der Waals surface area (Å²) in [4.78, 5) is 15.7. The molecule has 3 aromatic rings. The fourth-order valence-electron chi connectivity index (χ4n) is 5.12. The maximum Gasteiger partial charge on any atom is 0.322 e. The van der Waals surface area contributed by atoms with E-state index >= 15 is 0 Å². The Morgan fingerprint density at radius 3 is 2.00 bits per heavy atom. The Morgan fingerprint density at radius 1 is 0.818 bits per heavy atom. The minimum Gasteiger partial charge on any atom is -0.317 e. The van der Waals surface area contributed by atoms with Crippen LogP contribution in [0, 0.1) is 20.8 Å². The van der Waals surface area contributed by atoms with Crippen LogP contribution in [0.15, 0.2) is 66.7 Å². The van der Waals surface area contributed by atoms with Gasteiger partial charge in [-0.15, -0.1) is 0 Å². The van der Waals surface area contributed by atoms with Gasteiger partial charge >= 0.3 is 6.03 Å². The van der Waals surface area contributed by atoms with E-state index in [-0.39, 0.29) is 12.1 Å². The number of urea groups is 1. The molecule has 33 heavy (non-hydrogen) atoms. The number of carbonyl (C=O) groups is 1. The van der Waals surface area contributed by atoms with Crippen LogP contribution in [0.3, 0.4) is 0 Å². The standard InChI is InChI=1S/C30H36N2O/c1-22-19-23(2)29(24(3)20-22)31-30(33)32(28-13-9-4-5-10-14-28)21-25-15-17-27(18-16-25)26-11-7-6-8-12-26/h6-8,11-12,15-20,28H,4-5,9-10,13-14,21H2,1-3H3,(H,31,33). The van der Waals surface area contributed by atoms with E-state index in [1.54, 1.807) is 0 Å². The third-order valence-corrected chi connectivity index (χ3v) is 6.85. The van der Waals surface area contributed by atoms with E-state index in [0.29, 0.717) is 6.54 Å². The molecule has 0 radical (unpaired) electrons. The molecule has 0 saturated heterocycles. The average Bonchev–Trinajstić information content (AvgIpc) is 3.10. The number of aryl methyl sites for hydroxylation is 3. The van der Waals surface area contributed by atoms with Crippen molar-refractivity contribution in [3.8, 4) is 11.1 Å². The highest BCUT2D eigenvalue weighted by molar-refractivity contribution is 5.91. The van der Waals surface area contributed by atoms with Gasteiger partial charge in [0.2, 0.25) is 0 Å². The van der Waals surface area contributed by atoms with Gasteiger partial charge in [-0.2, -0.15) is 0 Å². The molecular formula is C30H36N2O. The number of anilines is 1. The SMILES string of the molecule is Cc1cc(C)c(NC(=O)N(Cc2ccc(-c3ccccc3)cc2)C2CCCCCC2)c(C)c1. The molecule has 1 N–H and O–H groups in total. The van der Waals surface area contributed by atoms with Crippen molar-refractivity contribution in [3.63, 3.8) is 0 Å². The summed E-state index contributed by atoms with van der Waals surface area (Å²) in [5, 5.41) is 3.27. The number of nitrogens with zero attached hydrogens (tertiary/aromatic N) is 1. The Balaban J connectivity index is 1.56. The van der Waals surface area contributed by atoms with Crippen LogP contribution in [0.1, 0.15) is 60.8 Å². The lowest BCUT2D eigenvalue weighted by Crippen LogP contribution is -2.42. The number of carbonyl (C=O) groups excluding carboxylic acids is 1. The molecule has 1 aliphatic rings.